The summed E-state index contributed by atoms with van der Waals surface area (Å²) >= 11 is 0. The lowest BCUT2D eigenvalue weighted by Gasteiger charge is -2.34. The SMILES string of the molecule is COCC(N)C(=O)NCC1(NC(C)c2ccccc2)CCCC1.Cl.Cl. The Kier molecular flexibility index (Phi) is 11.3. The Labute approximate surface area is 163 Å². The molecule has 25 heavy (non-hydrogen) atoms. The highest BCUT2D eigenvalue weighted by molar-refractivity contribution is 5.85. The number of carbonyl (C=O) groups is 1. The van der Waals surface area contributed by atoms with Crippen LogP contribution in [0.3, 0.4) is 0 Å². The van der Waals surface area contributed by atoms with E-state index in [-0.39, 0.29) is 48.9 Å². The molecule has 1 aromatic carbocycles. The third-order valence-corrected chi connectivity index (χ3v) is 4.67. The van der Waals surface area contributed by atoms with Crippen LogP contribution in [0.1, 0.15) is 44.2 Å². The van der Waals surface area contributed by atoms with E-state index in [4.69, 9.17) is 10.5 Å². The Morgan fingerprint density at radius 2 is 1.84 bits per heavy atom. The van der Waals surface area contributed by atoms with Crippen molar-refractivity contribution >= 4 is 30.7 Å². The summed E-state index contributed by atoms with van der Waals surface area (Å²) < 4.78 is 4.94. The maximum absolute atomic E-state index is 12.0. The second-order valence-corrected chi connectivity index (χ2v) is 6.54. The summed E-state index contributed by atoms with van der Waals surface area (Å²) in [7, 11) is 1.55. The highest BCUT2D eigenvalue weighted by atomic mass is 35.5. The summed E-state index contributed by atoms with van der Waals surface area (Å²) in [5.74, 6) is -0.146. The highest BCUT2D eigenvalue weighted by Crippen LogP contribution is 2.31. The van der Waals surface area contributed by atoms with E-state index in [0.717, 1.165) is 12.8 Å². The molecular formula is C18H31Cl2N3O2. The van der Waals surface area contributed by atoms with Crippen molar-refractivity contribution in [2.45, 2.75) is 50.2 Å². The van der Waals surface area contributed by atoms with E-state index in [1.54, 1.807) is 7.11 Å². The zero-order valence-corrected chi connectivity index (χ0v) is 16.6. The highest BCUT2D eigenvalue weighted by Gasteiger charge is 2.35. The fraction of sp³-hybridized carbons (Fsp3) is 0.611. The van der Waals surface area contributed by atoms with Crippen LogP contribution < -0.4 is 16.4 Å². The molecule has 1 fully saturated rings. The maximum atomic E-state index is 12.0. The third kappa shape index (κ3) is 7.12. The van der Waals surface area contributed by atoms with Gasteiger partial charge in [0.05, 0.1) is 6.61 Å². The fourth-order valence-electron chi connectivity index (χ4n) is 3.35. The molecule has 1 aliphatic carbocycles. The average molecular weight is 392 g/mol. The first-order valence-corrected chi connectivity index (χ1v) is 8.41. The van der Waals surface area contributed by atoms with Gasteiger partial charge in [0.25, 0.3) is 0 Å². The molecule has 0 heterocycles. The van der Waals surface area contributed by atoms with Gasteiger partial charge in [0.15, 0.2) is 0 Å². The van der Waals surface area contributed by atoms with Gasteiger partial charge in [0.2, 0.25) is 5.91 Å². The van der Waals surface area contributed by atoms with Crippen LogP contribution in [-0.2, 0) is 9.53 Å². The van der Waals surface area contributed by atoms with E-state index < -0.39 is 6.04 Å². The van der Waals surface area contributed by atoms with Crippen LogP contribution in [0.2, 0.25) is 0 Å². The van der Waals surface area contributed by atoms with Crippen LogP contribution in [0, 0.1) is 0 Å². The number of hydrogen-bond acceptors (Lipinski definition) is 4. The summed E-state index contributed by atoms with van der Waals surface area (Å²) in [6, 6.07) is 10.0. The molecule has 0 aromatic heterocycles. The number of carbonyl (C=O) groups excluding carboxylic acids is 1. The van der Waals surface area contributed by atoms with Crippen LogP contribution in [0.4, 0.5) is 0 Å². The first-order chi connectivity index (χ1) is 11.1. The Morgan fingerprint density at radius 3 is 2.40 bits per heavy atom. The second kappa shape index (κ2) is 11.7. The molecule has 0 bridgehead atoms. The van der Waals surface area contributed by atoms with E-state index in [0.29, 0.717) is 6.54 Å². The van der Waals surface area contributed by atoms with E-state index in [1.165, 1.54) is 18.4 Å². The maximum Gasteiger partial charge on any atom is 0.239 e. The second-order valence-electron chi connectivity index (χ2n) is 6.54. The van der Waals surface area contributed by atoms with Gasteiger partial charge in [-0.3, -0.25) is 4.79 Å². The van der Waals surface area contributed by atoms with Gasteiger partial charge in [-0.25, -0.2) is 0 Å². The smallest absolute Gasteiger partial charge is 0.239 e. The zero-order chi connectivity index (χ0) is 16.7. The minimum Gasteiger partial charge on any atom is -0.383 e. The molecule has 0 aliphatic heterocycles. The van der Waals surface area contributed by atoms with Gasteiger partial charge < -0.3 is 21.1 Å². The Morgan fingerprint density at radius 1 is 1.24 bits per heavy atom. The van der Waals surface area contributed by atoms with Gasteiger partial charge in [-0.05, 0) is 25.3 Å². The third-order valence-electron chi connectivity index (χ3n) is 4.67. The molecule has 144 valence electrons. The Hall–Kier alpha value is -0.850. The van der Waals surface area contributed by atoms with Gasteiger partial charge in [-0.1, -0.05) is 43.2 Å². The normalized spacial score (nSPS) is 17.7. The molecule has 5 nitrogen and oxygen atoms in total. The largest absolute Gasteiger partial charge is 0.383 e. The van der Waals surface area contributed by atoms with Crippen LogP contribution in [0.25, 0.3) is 0 Å². The lowest BCUT2D eigenvalue weighted by atomic mass is 9.94. The van der Waals surface area contributed by atoms with Crippen LogP contribution in [-0.4, -0.2) is 37.7 Å². The van der Waals surface area contributed by atoms with Crippen molar-refractivity contribution in [3.8, 4) is 0 Å². The molecular weight excluding hydrogens is 361 g/mol. The van der Waals surface area contributed by atoms with Crippen molar-refractivity contribution in [3.05, 3.63) is 35.9 Å². The molecule has 4 N–H and O–H groups in total. The molecule has 1 aromatic rings. The molecule has 2 atom stereocenters. The van der Waals surface area contributed by atoms with Crippen molar-refractivity contribution < 1.29 is 9.53 Å². The molecule has 1 saturated carbocycles. The van der Waals surface area contributed by atoms with Crippen molar-refractivity contribution in [2.75, 3.05) is 20.3 Å². The monoisotopic (exact) mass is 391 g/mol. The van der Waals surface area contributed by atoms with E-state index in [1.807, 2.05) is 6.07 Å². The van der Waals surface area contributed by atoms with E-state index >= 15 is 0 Å². The number of rotatable bonds is 8. The van der Waals surface area contributed by atoms with Crippen molar-refractivity contribution in [1.82, 2.24) is 10.6 Å². The first-order valence-electron chi connectivity index (χ1n) is 8.41. The Bertz CT molecular complexity index is 496. The van der Waals surface area contributed by atoms with Crippen molar-refractivity contribution in [2.24, 2.45) is 5.73 Å². The number of methoxy groups -OCH3 is 1. The minimum atomic E-state index is -0.606. The fourth-order valence-corrected chi connectivity index (χ4v) is 3.35. The van der Waals surface area contributed by atoms with Gasteiger partial charge in [-0.2, -0.15) is 0 Å². The lowest BCUT2D eigenvalue weighted by Crippen LogP contribution is -2.55. The number of nitrogens with one attached hydrogen (secondary N) is 2. The summed E-state index contributed by atoms with van der Waals surface area (Å²) in [6.07, 6.45) is 4.52. The molecule has 2 rings (SSSR count). The minimum absolute atomic E-state index is 0. The summed E-state index contributed by atoms with van der Waals surface area (Å²) in [5, 5.41) is 6.75. The van der Waals surface area contributed by atoms with Gasteiger partial charge >= 0.3 is 0 Å². The molecule has 2 unspecified atom stereocenters. The summed E-state index contributed by atoms with van der Waals surface area (Å²) in [5.41, 5.74) is 7.01. The zero-order valence-electron chi connectivity index (χ0n) is 15.0. The number of ether oxygens (including phenoxy) is 1. The topological polar surface area (TPSA) is 76.4 Å². The molecule has 0 spiro atoms. The summed E-state index contributed by atoms with van der Waals surface area (Å²) in [6.45, 7) is 3.03. The summed E-state index contributed by atoms with van der Waals surface area (Å²) in [4.78, 5) is 12.0. The Balaban J connectivity index is 0.00000288. The number of amides is 1. The number of hydrogen-bond donors (Lipinski definition) is 3. The molecule has 0 saturated heterocycles. The van der Waals surface area contributed by atoms with Gasteiger partial charge in [-0.15, -0.1) is 24.8 Å². The van der Waals surface area contributed by atoms with Crippen molar-refractivity contribution in [3.63, 3.8) is 0 Å². The molecule has 1 amide bonds. The molecule has 1 aliphatic rings. The van der Waals surface area contributed by atoms with Crippen LogP contribution >= 0.6 is 24.8 Å². The average Bonchev–Trinajstić information content (AvgIpc) is 3.02. The standard InChI is InChI=1S/C18H29N3O2.2ClH/c1-14(15-8-4-3-5-9-15)21-18(10-6-7-11-18)13-20-17(22)16(19)12-23-2;;/h3-5,8-9,14,16,21H,6-7,10-13,19H2,1-2H3,(H,20,22);2*1H. The first kappa shape index (κ1) is 24.1. The van der Waals surface area contributed by atoms with Crippen LogP contribution in [0.5, 0.6) is 0 Å². The van der Waals surface area contributed by atoms with Crippen LogP contribution in [0.15, 0.2) is 30.3 Å². The quantitative estimate of drug-likeness (QED) is 0.636. The molecule has 0 radical (unpaired) electrons. The van der Waals surface area contributed by atoms with Gasteiger partial charge in [0, 0.05) is 25.2 Å². The van der Waals surface area contributed by atoms with E-state index in [2.05, 4.69) is 41.8 Å². The predicted molar refractivity (Wildman–Crippen MR) is 107 cm³/mol. The number of nitrogens with two attached hydrogens (primary N) is 1. The van der Waals surface area contributed by atoms with Crippen molar-refractivity contribution in [1.29, 1.82) is 0 Å². The number of benzene rings is 1. The van der Waals surface area contributed by atoms with Gasteiger partial charge in [0.1, 0.15) is 6.04 Å². The number of halogens is 2. The predicted octanol–water partition coefficient (Wildman–Crippen LogP) is 2.58. The van der Waals surface area contributed by atoms with E-state index in [9.17, 15) is 4.79 Å². The lowest BCUT2D eigenvalue weighted by molar-refractivity contribution is -0.123. The molecule has 7 heteroatoms.